The summed E-state index contributed by atoms with van der Waals surface area (Å²) in [4.78, 5) is 15.4. The van der Waals surface area contributed by atoms with E-state index in [1.165, 1.54) is 30.0 Å². The Balaban J connectivity index is 1.65. The largest absolute Gasteiger partial charge is 0.361 e. The van der Waals surface area contributed by atoms with Gasteiger partial charge in [-0.15, -0.1) is 0 Å². The third-order valence-electron chi connectivity index (χ3n) is 4.00. The topological polar surface area (TPSA) is 58.9 Å². The van der Waals surface area contributed by atoms with Crippen molar-refractivity contribution in [3.8, 4) is 0 Å². The molecule has 1 heterocycles. The van der Waals surface area contributed by atoms with E-state index in [1.807, 2.05) is 24.4 Å². The zero-order valence-corrected chi connectivity index (χ0v) is 12.3. The van der Waals surface area contributed by atoms with Gasteiger partial charge in [0.05, 0.1) is 6.04 Å². The predicted octanol–water partition coefficient (Wildman–Crippen LogP) is 3.24. The van der Waals surface area contributed by atoms with Crippen LogP contribution in [-0.4, -0.2) is 21.4 Å². The number of benzene rings is 1. The van der Waals surface area contributed by atoms with Gasteiger partial charge in [-0.3, -0.25) is 4.79 Å². The molecule has 2 aromatic rings. The van der Waals surface area contributed by atoms with E-state index in [1.54, 1.807) is 0 Å². The van der Waals surface area contributed by atoms with Crippen molar-refractivity contribution in [2.24, 2.45) is 5.73 Å². The van der Waals surface area contributed by atoms with E-state index in [9.17, 15) is 4.79 Å². The second-order valence-electron chi connectivity index (χ2n) is 5.51. The number of rotatable bonds is 4. The molecular formula is C16H20N2OS. The summed E-state index contributed by atoms with van der Waals surface area (Å²) in [6, 6.07) is 7.73. The molecule has 1 aromatic heterocycles. The number of para-hydroxylation sites is 1. The predicted molar refractivity (Wildman–Crippen MR) is 84.8 cm³/mol. The van der Waals surface area contributed by atoms with Crippen LogP contribution in [-0.2, 0) is 11.2 Å². The highest BCUT2D eigenvalue weighted by Crippen LogP contribution is 2.30. The van der Waals surface area contributed by atoms with E-state index >= 15 is 0 Å². The van der Waals surface area contributed by atoms with E-state index < -0.39 is 6.04 Å². The Morgan fingerprint density at radius 1 is 1.35 bits per heavy atom. The summed E-state index contributed by atoms with van der Waals surface area (Å²) in [5, 5.41) is 1.81. The van der Waals surface area contributed by atoms with Crippen LogP contribution in [0.4, 0.5) is 0 Å². The van der Waals surface area contributed by atoms with E-state index in [0.29, 0.717) is 11.7 Å². The van der Waals surface area contributed by atoms with Gasteiger partial charge in [0.15, 0.2) is 0 Å². The molecule has 0 bridgehead atoms. The monoisotopic (exact) mass is 288 g/mol. The molecule has 1 saturated carbocycles. The van der Waals surface area contributed by atoms with Gasteiger partial charge in [0.2, 0.25) is 5.12 Å². The summed E-state index contributed by atoms with van der Waals surface area (Å²) in [5.74, 6) is 0. The fourth-order valence-corrected chi connectivity index (χ4v) is 4.03. The minimum atomic E-state index is -0.403. The first-order chi connectivity index (χ1) is 9.74. The lowest BCUT2D eigenvalue weighted by Crippen LogP contribution is -2.31. The summed E-state index contributed by atoms with van der Waals surface area (Å²) < 4.78 is 0. The molecule has 0 unspecified atom stereocenters. The van der Waals surface area contributed by atoms with Crippen LogP contribution in [0.2, 0.25) is 0 Å². The van der Waals surface area contributed by atoms with Crippen molar-refractivity contribution in [3.05, 3.63) is 36.0 Å². The first kappa shape index (κ1) is 13.7. The molecule has 20 heavy (non-hydrogen) atoms. The van der Waals surface area contributed by atoms with Gasteiger partial charge in [-0.1, -0.05) is 42.8 Å². The standard InChI is InChI=1S/C16H20N2OS/c17-14(16(19)20-12-5-1-2-6-12)9-11-10-18-15-8-4-3-7-13(11)15/h3-4,7-8,10,12,14,18H,1-2,5-6,9,17H2/t14-/m0/s1. The third-order valence-corrected chi connectivity index (χ3v) is 5.34. The van der Waals surface area contributed by atoms with Gasteiger partial charge in [0, 0.05) is 22.3 Å². The fourth-order valence-electron chi connectivity index (χ4n) is 2.88. The van der Waals surface area contributed by atoms with E-state index in [4.69, 9.17) is 5.73 Å². The van der Waals surface area contributed by atoms with Gasteiger partial charge in [-0.25, -0.2) is 0 Å². The van der Waals surface area contributed by atoms with Gasteiger partial charge in [0.1, 0.15) is 0 Å². The fraction of sp³-hybridized carbons (Fsp3) is 0.438. The molecule has 0 saturated heterocycles. The number of aromatic nitrogens is 1. The molecule has 0 amide bonds. The van der Waals surface area contributed by atoms with Gasteiger partial charge in [-0.05, 0) is 30.9 Å². The van der Waals surface area contributed by atoms with Crippen molar-refractivity contribution in [2.45, 2.75) is 43.4 Å². The molecule has 0 aliphatic heterocycles. The number of fused-ring (bicyclic) bond motifs is 1. The first-order valence-corrected chi connectivity index (χ1v) is 8.13. The maximum atomic E-state index is 12.2. The SMILES string of the molecule is N[C@@H](Cc1c[nH]c2ccccc12)C(=O)SC1CCCC1. The van der Waals surface area contributed by atoms with Crippen molar-refractivity contribution in [1.82, 2.24) is 4.98 Å². The highest BCUT2D eigenvalue weighted by molar-refractivity contribution is 8.14. The zero-order valence-electron chi connectivity index (χ0n) is 11.5. The van der Waals surface area contributed by atoms with Crippen molar-refractivity contribution in [2.75, 3.05) is 0 Å². The Bertz CT molecular complexity index is 601. The second-order valence-corrected chi connectivity index (χ2v) is 6.82. The lowest BCUT2D eigenvalue weighted by molar-refractivity contribution is -0.112. The highest BCUT2D eigenvalue weighted by Gasteiger charge is 2.23. The number of thioether (sulfide) groups is 1. The molecule has 106 valence electrons. The van der Waals surface area contributed by atoms with E-state index in [-0.39, 0.29) is 5.12 Å². The van der Waals surface area contributed by atoms with Crippen LogP contribution >= 0.6 is 11.8 Å². The Kier molecular flexibility index (Phi) is 4.13. The van der Waals surface area contributed by atoms with Gasteiger partial charge in [-0.2, -0.15) is 0 Å². The smallest absolute Gasteiger partial charge is 0.206 e. The number of hydrogen-bond donors (Lipinski definition) is 2. The average molecular weight is 288 g/mol. The molecule has 4 heteroatoms. The maximum Gasteiger partial charge on any atom is 0.206 e. The Morgan fingerprint density at radius 2 is 2.10 bits per heavy atom. The van der Waals surface area contributed by atoms with Crippen LogP contribution < -0.4 is 5.73 Å². The van der Waals surface area contributed by atoms with Crippen molar-refractivity contribution in [3.63, 3.8) is 0 Å². The summed E-state index contributed by atoms with van der Waals surface area (Å²) in [6.45, 7) is 0. The minimum absolute atomic E-state index is 0.141. The second kappa shape index (κ2) is 6.02. The maximum absolute atomic E-state index is 12.2. The molecule has 0 spiro atoms. The number of aromatic amines is 1. The summed E-state index contributed by atoms with van der Waals surface area (Å²) in [7, 11) is 0. The molecule has 3 N–H and O–H groups in total. The van der Waals surface area contributed by atoms with Gasteiger partial charge < -0.3 is 10.7 Å². The minimum Gasteiger partial charge on any atom is -0.361 e. The lowest BCUT2D eigenvalue weighted by Gasteiger charge is -2.12. The summed E-state index contributed by atoms with van der Waals surface area (Å²) >= 11 is 1.47. The Morgan fingerprint density at radius 3 is 2.90 bits per heavy atom. The quantitative estimate of drug-likeness (QED) is 0.908. The molecule has 1 fully saturated rings. The average Bonchev–Trinajstić information content (AvgIpc) is 3.09. The van der Waals surface area contributed by atoms with Crippen molar-refractivity contribution in [1.29, 1.82) is 0 Å². The normalized spacial score (nSPS) is 17.6. The molecule has 3 rings (SSSR count). The number of hydrogen-bond acceptors (Lipinski definition) is 3. The van der Waals surface area contributed by atoms with Crippen LogP contribution in [0.25, 0.3) is 10.9 Å². The molecular weight excluding hydrogens is 268 g/mol. The summed E-state index contributed by atoms with van der Waals surface area (Å²) in [6.07, 6.45) is 7.41. The van der Waals surface area contributed by atoms with E-state index in [0.717, 1.165) is 23.9 Å². The molecule has 1 aliphatic carbocycles. The number of carbonyl (C=O) groups is 1. The van der Waals surface area contributed by atoms with Crippen molar-refractivity contribution < 1.29 is 4.79 Å². The molecule has 0 radical (unpaired) electrons. The van der Waals surface area contributed by atoms with Crippen LogP contribution in [0.3, 0.4) is 0 Å². The van der Waals surface area contributed by atoms with Crippen LogP contribution in [0.15, 0.2) is 30.5 Å². The lowest BCUT2D eigenvalue weighted by atomic mass is 10.1. The Hall–Kier alpha value is -1.26. The number of nitrogens with one attached hydrogen (secondary N) is 1. The number of H-pyrrole nitrogens is 1. The first-order valence-electron chi connectivity index (χ1n) is 7.25. The molecule has 1 aromatic carbocycles. The van der Waals surface area contributed by atoms with Gasteiger partial charge in [0.25, 0.3) is 0 Å². The number of carbonyl (C=O) groups excluding carboxylic acids is 1. The van der Waals surface area contributed by atoms with Crippen LogP contribution in [0.1, 0.15) is 31.2 Å². The van der Waals surface area contributed by atoms with Gasteiger partial charge >= 0.3 is 0 Å². The van der Waals surface area contributed by atoms with Crippen molar-refractivity contribution >= 4 is 27.8 Å². The van der Waals surface area contributed by atoms with E-state index in [2.05, 4.69) is 11.1 Å². The molecule has 1 atom stereocenters. The third kappa shape index (κ3) is 2.91. The molecule has 1 aliphatic rings. The van der Waals surface area contributed by atoms with Crippen LogP contribution in [0, 0.1) is 0 Å². The number of nitrogens with two attached hydrogens (primary N) is 1. The Labute approximate surface area is 123 Å². The zero-order chi connectivity index (χ0) is 13.9. The molecule has 3 nitrogen and oxygen atoms in total. The summed E-state index contributed by atoms with van der Waals surface area (Å²) in [5.41, 5.74) is 8.33. The highest BCUT2D eigenvalue weighted by atomic mass is 32.2. The van der Waals surface area contributed by atoms with Crippen LogP contribution in [0.5, 0.6) is 0 Å².